The lowest BCUT2D eigenvalue weighted by molar-refractivity contribution is 0.177. The standard InChI is InChI=1S/C13H19FN2/c1-10-3-2-6-16(8-10)9-11-7-12(14)4-5-13(11)15/h4-5,7,10H,2-3,6,8-9,15H2,1H3. The molecule has 1 aromatic carbocycles. The minimum Gasteiger partial charge on any atom is -0.398 e. The van der Waals surface area contributed by atoms with Crippen LogP contribution in [0.1, 0.15) is 25.3 Å². The Morgan fingerprint density at radius 2 is 2.31 bits per heavy atom. The molecule has 1 aliphatic rings. The number of nitrogens with zero attached hydrogens (tertiary/aromatic N) is 1. The van der Waals surface area contributed by atoms with Crippen molar-refractivity contribution in [3.8, 4) is 0 Å². The van der Waals surface area contributed by atoms with Crippen LogP contribution in [0.15, 0.2) is 18.2 Å². The van der Waals surface area contributed by atoms with Gasteiger partial charge in [-0.1, -0.05) is 6.92 Å². The number of hydrogen-bond acceptors (Lipinski definition) is 2. The molecule has 0 aromatic heterocycles. The molecule has 3 heteroatoms. The third-order valence-electron chi connectivity index (χ3n) is 3.24. The first kappa shape index (κ1) is 11.4. The van der Waals surface area contributed by atoms with Crippen molar-refractivity contribution in [3.05, 3.63) is 29.6 Å². The molecule has 0 radical (unpaired) electrons. The van der Waals surface area contributed by atoms with Gasteiger partial charge < -0.3 is 5.73 Å². The van der Waals surface area contributed by atoms with E-state index in [-0.39, 0.29) is 5.82 Å². The summed E-state index contributed by atoms with van der Waals surface area (Å²) in [7, 11) is 0. The Bertz CT molecular complexity index is 365. The summed E-state index contributed by atoms with van der Waals surface area (Å²) >= 11 is 0. The lowest BCUT2D eigenvalue weighted by Crippen LogP contribution is -2.33. The lowest BCUT2D eigenvalue weighted by Gasteiger charge is -2.31. The van der Waals surface area contributed by atoms with E-state index in [1.165, 1.54) is 18.9 Å². The quantitative estimate of drug-likeness (QED) is 0.779. The van der Waals surface area contributed by atoms with Gasteiger partial charge in [0.1, 0.15) is 5.82 Å². The fourth-order valence-electron chi connectivity index (χ4n) is 2.38. The van der Waals surface area contributed by atoms with E-state index in [1.54, 1.807) is 12.1 Å². The highest BCUT2D eigenvalue weighted by molar-refractivity contribution is 5.46. The van der Waals surface area contributed by atoms with Crippen molar-refractivity contribution >= 4 is 5.69 Å². The van der Waals surface area contributed by atoms with Crippen molar-refractivity contribution in [2.45, 2.75) is 26.3 Å². The molecule has 0 bridgehead atoms. The van der Waals surface area contributed by atoms with E-state index < -0.39 is 0 Å². The molecule has 1 heterocycles. The van der Waals surface area contributed by atoms with Gasteiger partial charge in [-0.15, -0.1) is 0 Å². The highest BCUT2D eigenvalue weighted by Crippen LogP contribution is 2.20. The largest absolute Gasteiger partial charge is 0.398 e. The Hall–Kier alpha value is -1.09. The lowest BCUT2D eigenvalue weighted by atomic mass is 9.99. The molecule has 0 spiro atoms. The first-order valence-electron chi connectivity index (χ1n) is 5.91. The Labute approximate surface area is 96.2 Å². The van der Waals surface area contributed by atoms with E-state index in [0.717, 1.165) is 31.1 Å². The van der Waals surface area contributed by atoms with Crippen LogP contribution >= 0.6 is 0 Å². The Kier molecular flexibility index (Phi) is 3.44. The predicted molar refractivity (Wildman–Crippen MR) is 64.5 cm³/mol. The highest BCUT2D eigenvalue weighted by Gasteiger charge is 2.17. The summed E-state index contributed by atoms with van der Waals surface area (Å²) < 4.78 is 13.1. The van der Waals surface area contributed by atoms with Crippen LogP contribution in [0.2, 0.25) is 0 Å². The zero-order valence-corrected chi connectivity index (χ0v) is 9.75. The van der Waals surface area contributed by atoms with Gasteiger partial charge in [0.2, 0.25) is 0 Å². The van der Waals surface area contributed by atoms with Gasteiger partial charge in [0.15, 0.2) is 0 Å². The maximum atomic E-state index is 13.1. The van der Waals surface area contributed by atoms with Gasteiger partial charge in [-0.2, -0.15) is 0 Å². The molecule has 2 nitrogen and oxygen atoms in total. The molecule has 1 aliphatic heterocycles. The van der Waals surface area contributed by atoms with Crippen molar-refractivity contribution in [2.24, 2.45) is 5.92 Å². The molecule has 0 amide bonds. The summed E-state index contributed by atoms with van der Waals surface area (Å²) in [5, 5.41) is 0. The van der Waals surface area contributed by atoms with Crippen LogP contribution in [0.25, 0.3) is 0 Å². The molecule has 2 rings (SSSR count). The van der Waals surface area contributed by atoms with Gasteiger partial charge in [0.25, 0.3) is 0 Å². The summed E-state index contributed by atoms with van der Waals surface area (Å²) in [6, 6.07) is 4.62. The summed E-state index contributed by atoms with van der Waals surface area (Å²) in [6.07, 6.45) is 2.53. The van der Waals surface area contributed by atoms with Crippen LogP contribution in [-0.4, -0.2) is 18.0 Å². The minimum absolute atomic E-state index is 0.200. The van der Waals surface area contributed by atoms with Gasteiger partial charge in [-0.25, -0.2) is 4.39 Å². The topological polar surface area (TPSA) is 29.3 Å². The van der Waals surface area contributed by atoms with E-state index in [4.69, 9.17) is 5.73 Å². The molecule has 16 heavy (non-hydrogen) atoms. The molecule has 1 saturated heterocycles. The predicted octanol–water partition coefficient (Wildman–Crippen LogP) is 2.64. The first-order chi connectivity index (χ1) is 7.65. The number of nitrogen functional groups attached to an aromatic ring is 1. The fraction of sp³-hybridized carbons (Fsp3) is 0.538. The Morgan fingerprint density at radius 1 is 1.50 bits per heavy atom. The second kappa shape index (κ2) is 4.83. The molecule has 2 N–H and O–H groups in total. The average molecular weight is 222 g/mol. The van der Waals surface area contributed by atoms with Crippen LogP contribution in [0, 0.1) is 11.7 Å². The Balaban J connectivity index is 2.05. The van der Waals surface area contributed by atoms with Gasteiger partial charge >= 0.3 is 0 Å². The molecular formula is C13H19FN2. The third kappa shape index (κ3) is 2.73. The molecule has 1 fully saturated rings. The van der Waals surface area contributed by atoms with Gasteiger partial charge in [0.05, 0.1) is 0 Å². The monoisotopic (exact) mass is 222 g/mol. The van der Waals surface area contributed by atoms with Crippen molar-refractivity contribution in [2.75, 3.05) is 18.8 Å². The summed E-state index contributed by atoms with van der Waals surface area (Å²) in [4.78, 5) is 2.36. The minimum atomic E-state index is -0.200. The first-order valence-corrected chi connectivity index (χ1v) is 5.91. The molecule has 1 atom stereocenters. The summed E-state index contributed by atoms with van der Waals surface area (Å²) in [5.74, 6) is 0.540. The fourth-order valence-corrected chi connectivity index (χ4v) is 2.38. The second-order valence-corrected chi connectivity index (χ2v) is 4.83. The van der Waals surface area contributed by atoms with Crippen molar-refractivity contribution in [1.29, 1.82) is 0 Å². The zero-order valence-electron chi connectivity index (χ0n) is 9.75. The molecule has 0 saturated carbocycles. The van der Waals surface area contributed by atoms with E-state index in [9.17, 15) is 4.39 Å². The van der Waals surface area contributed by atoms with Gasteiger partial charge in [0, 0.05) is 18.8 Å². The van der Waals surface area contributed by atoms with E-state index in [1.807, 2.05) is 0 Å². The normalized spacial score (nSPS) is 22.2. The van der Waals surface area contributed by atoms with Crippen molar-refractivity contribution in [1.82, 2.24) is 4.90 Å². The van der Waals surface area contributed by atoms with Crippen LogP contribution in [0.3, 0.4) is 0 Å². The smallest absolute Gasteiger partial charge is 0.123 e. The zero-order chi connectivity index (χ0) is 11.5. The van der Waals surface area contributed by atoms with Gasteiger partial charge in [-0.05, 0) is 49.1 Å². The molecule has 1 aromatic rings. The maximum absolute atomic E-state index is 13.1. The van der Waals surface area contributed by atoms with Crippen molar-refractivity contribution < 1.29 is 4.39 Å². The van der Waals surface area contributed by atoms with Crippen molar-refractivity contribution in [3.63, 3.8) is 0 Å². The highest BCUT2D eigenvalue weighted by atomic mass is 19.1. The van der Waals surface area contributed by atoms with Crippen LogP contribution in [0.5, 0.6) is 0 Å². The summed E-state index contributed by atoms with van der Waals surface area (Å²) in [5.41, 5.74) is 7.45. The molecule has 1 unspecified atom stereocenters. The number of piperidine rings is 1. The van der Waals surface area contributed by atoms with Gasteiger partial charge in [-0.3, -0.25) is 4.90 Å². The number of anilines is 1. The number of likely N-dealkylation sites (tertiary alicyclic amines) is 1. The van der Waals surface area contributed by atoms with E-state index >= 15 is 0 Å². The van der Waals surface area contributed by atoms with E-state index in [2.05, 4.69) is 11.8 Å². The average Bonchev–Trinajstić information content (AvgIpc) is 2.24. The maximum Gasteiger partial charge on any atom is 0.123 e. The van der Waals surface area contributed by atoms with Crippen LogP contribution in [0.4, 0.5) is 10.1 Å². The number of hydrogen-bond donors (Lipinski definition) is 1. The number of nitrogens with two attached hydrogens (primary N) is 1. The SMILES string of the molecule is CC1CCCN(Cc2cc(F)ccc2N)C1. The molecular weight excluding hydrogens is 203 g/mol. The Morgan fingerprint density at radius 3 is 3.06 bits per heavy atom. The number of rotatable bonds is 2. The molecule has 88 valence electrons. The second-order valence-electron chi connectivity index (χ2n) is 4.83. The van der Waals surface area contributed by atoms with E-state index in [0.29, 0.717) is 5.69 Å². The van der Waals surface area contributed by atoms with Crippen LogP contribution in [-0.2, 0) is 6.54 Å². The van der Waals surface area contributed by atoms with Crippen LogP contribution < -0.4 is 5.73 Å². The third-order valence-corrected chi connectivity index (χ3v) is 3.24. The number of benzene rings is 1. The number of halogens is 1. The summed E-state index contributed by atoms with van der Waals surface area (Å²) in [6.45, 7) is 5.23. The molecule has 0 aliphatic carbocycles.